The summed E-state index contributed by atoms with van der Waals surface area (Å²) in [6, 6.07) is 5.18. The van der Waals surface area contributed by atoms with Crippen molar-refractivity contribution in [2.24, 2.45) is 11.8 Å². The molecule has 1 aromatic rings. The zero-order chi connectivity index (χ0) is 32.4. The molecule has 250 valence electrons. The van der Waals surface area contributed by atoms with Crippen LogP contribution in [0, 0.1) is 11.8 Å². The van der Waals surface area contributed by atoms with Crippen molar-refractivity contribution >= 4 is 18.1 Å². The predicted molar refractivity (Wildman–Crippen MR) is 148 cm³/mol. The molecule has 0 aromatic heterocycles. The molecule has 3 saturated heterocycles. The fraction of sp³-hybridized carbons (Fsp3) is 0.700. The Kier molecular flexibility index (Phi) is 9.76. The van der Waals surface area contributed by atoms with Crippen LogP contribution in [0.4, 0.5) is 35.9 Å². The van der Waals surface area contributed by atoms with Gasteiger partial charge in [-0.1, -0.05) is 12.1 Å². The van der Waals surface area contributed by atoms with Gasteiger partial charge in [-0.05, 0) is 49.3 Å². The van der Waals surface area contributed by atoms with E-state index in [2.05, 4.69) is 9.64 Å². The van der Waals surface area contributed by atoms with Gasteiger partial charge in [-0.2, -0.15) is 26.3 Å². The number of nitrogens with zero attached hydrogens (tertiary/aromatic N) is 4. The van der Waals surface area contributed by atoms with Crippen molar-refractivity contribution < 1.29 is 50.2 Å². The van der Waals surface area contributed by atoms with Crippen LogP contribution in [0.15, 0.2) is 24.3 Å². The molecule has 4 fully saturated rings. The molecule has 15 heteroatoms. The van der Waals surface area contributed by atoms with Crippen molar-refractivity contribution in [1.82, 2.24) is 19.6 Å². The lowest BCUT2D eigenvalue weighted by Crippen LogP contribution is -2.52. The summed E-state index contributed by atoms with van der Waals surface area (Å²) in [6.45, 7) is 1.97. The molecule has 1 spiro atoms. The Hall–Kier alpha value is -3.23. The Bertz CT molecular complexity index is 1200. The van der Waals surface area contributed by atoms with E-state index in [0.29, 0.717) is 58.4 Å². The molecule has 0 N–H and O–H groups in total. The highest BCUT2D eigenvalue weighted by Gasteiger charge is 2.47. The highest BCUT2D eigenvalue weighted by atomic mass is 19.4. The summed E-state index contributed by atoms with van der Waals surface area (Å²) in [4.78, 5) is 44.5. The van der Waals surface area contributed by atoms with Gasteiger partial charge in [-0.15, -0.1) is 0 Å². The van der Waals surface area contributed by atoms with Crippen molar-refractivity contribution in [2.75, 3.05) is 59.0 Å². The van der Waals surface area contributed by atoms with Crippen molar-refractivity contribution in [2.45, 2.75) is 63.0 Å². The Labute approximate surface area is 257 Å². The number of benzene rings is 1. The molecular weight excluding hydrogens is 610 g/mol. The van der Waals surface area contributed by atoms with Gasteiger partial charge in [0.15, 0.2) is 6.61 Å². The number of hydrogen-bond donors (Lipinski definition) is 0. The van der Waals surface area contributed by atoms with Crippen molar-refractivity contribution in [1.29, 1.82) is 0 Å². The number of hydrogen-bond acceptors (Lipinski definition) is 6. The highest BCUT2D eigenvalue weighted by molar-refractivity contribution is 5.79. The maximum atomic E-state index is 13.1. The predicted octanol–water partition coefficient (Wildman–Crippen LogP) is 5.14. The first-order valence-corrected chi connectivity index (χ1v) is 15.3. The second-order valence-corrected chi connectivity index (χ2v) is 12.6. The summed E-state index contributed by atoms with van der Waals surface area (Å²) < 4.78 is 85.6. The van der Waals surface area contributed by atoms with E-state index in [9.17, 15) is 40.7 Å². The number of alkyl halides is 6. The van der Waals surface area contributed by atoms with Gasteiger partial charge in [0.2, 0.25) is 5.91 Å². The first kappa shape index (κ1) is 33.1. The van der Waals surface area contributed by atoms with E-state index in [1.165, 1.54) is 17.0 Å². The molecule has 0 unspecified atom stereocenters. The molecule has 3 amide bonds. The van der Waals surface area contributed by atoms with Gasteiger partial charge >= 0.3 is 24.5 Å². The van der Waals surface area contributed by atoms with E-state index in [-0.39, 0.29) is 50.0 Å². The second kappa shape index (κ2) is 13.2. The lowest BCUT2D eigenvalue weighted by atomic mass is 9.81. The van der Waals surface area contributed by atoms with E-state index in [4.69, 9.17) is 4.74 Å². The minimum absolute atomic E-state index is 0.0145. The molecule has 4 aliphatic rings. The number of piperazine rings is 1. The van der Waals surface area contributed by atoms with Gasteiger partial charge in [0, 0.05) is 71.1 Å². The maximum Gasteiger partial charge on any atom is 0.422 e. The number of carbonyl (C=O) groups excluding carboxylic acids is 3. The quantitative estimate of drug-likeness (QED) is 0.398. The second-order valence-electron chi connectivity index (χ2n) is 12.6. The highest BCUT2D eigenvalue weighted by Crippen LogP contribution is 2.37. The molecule has 1 aliphatic carbocycles. The molecule has 0 bridgehead atoms. The fourth-order valence-electron chi connectivity index (χ4n) is 6.78. The Morgan fingerprint density at radius 3 is 2.04 bits per heavy atom. The average Bonchev–Trinajstić information content (AvgIpc) is 3.30. The molecule has 9 nitrogen and oxygen atoms in total. The van der Waals surface area contributed by atoms with Gasteiger partial charge in [-0.25, -0.2) is 9.59 Å². The largest absolute Gasteiger partial charge is 0.441 e. The lowest BCUT2D eigenvalue weighted by Gasteiger charge is -2.38. The summed E-state index contributed by atoms with van der Waals surface area (Å²) in [7, 11) is 0. The lowest BCUT2D eigenvalue weighted by molar-refractivity contribution is -0.162. The summed E-state index contributed by atoms with van der Waals surface area (Å²) in [6.07, 6.45) is -6.15. The molecule has 1 saturated carbocycles. The third-order valence-corrected chi connectivity index (χ3v) is 9.38. The van der Waals surface area contributed by atoms with Gasteiger partial charge in [0.05, 0.1) is 12.1 Å². The number of likely N-dealkylation sites (tertiary alicyclic amines) is 1. The third kappa shape index (κ3) is 8.53. The fourth-order valence-corrected chi connectivity index (χ4v) is 6.78. The monoisotopic (exact) mass is 648 g/mol. The summed E-state index contributed by atoms with van der Waals surface area (Å²) in [5.74, 6) is 0.0481. The molecule has 0 radical (unpaired) electrons. The average molecular weight is 649 g/mol. The standard InChI is InChI=1S/C30H38F6N4O5/c31-29(32,33)20-44-26(42)39-15-13-38(14-16-39)25(41)23-5-1-22(2-6-23)18-40-19-28(45-27(40)43)9-11-37(12-10-28)17-21-3-7-24(8-4-21)30(34,35)36/h3-4,7-8,22-23H,1-2,5-6,9-20H2. The third-order valence-electron chi connectivity index (χ3n) is 9.38. The number of carbonyl (C=O) groups is 3. The molecule has 0 atom stereocenters. The van der Waals surface area contributed by atoms with E-state index >= 15 is 0 Å². The van der Waals surface area contributed by atoms with Crippen LogP contribution >= 0.6 is 0 Å². The molecule has 3 aliphatic heterocycles. The van der Waals surface area contributed by atoms with Crippen molar-refractivity contribution in [3.8, 4) is 0 Å². The van der Waals surface area contributed by atoms with Crippen LogP contribution in [0.2, 0.25) is 0 Å². The molecular formula is C30H38F6N4O5. The van der Waals surface area contributed by atoms with Crippen LogP contribution in [0.25, 0.3) is 0 Å². The number of amides is 3. The topological polar surface area (TPSA) is 82.6 Å². The first-order valence-electron chi connectivity index (χ1n) is 15.3. The zero-order valence-corrected chi connectivity index (χ0v) is 24.9. The Balaban J connectivity index is 1.01. The zero-order valence-electron chi connectivity index (χ0n) is 24.9. The normalized spacial score (nSPS) is 24.6. The smallest absolute Gasteiger partial charge is 0.422 e. The van der Waals surface area contributed by atoms with Crippen LogP contribution in [0.1, 0.15) is 49.7 Å². The van der Waals surface area contributed by atoms with Crippen LogP contribution in [-0.2, 0) is 27.0 Å². The van der Waals surface area contributed by atoms with Crippen molar-refractivity contribution in [3.63, 3.8) is 0 Å². The van der Waals surface area contributed by atoms with Crippen LogP contribution in [-0.4, -0.2) is 108 Å². The van der Waals surface area contributed by atoms with Crippen LogP contribution in [0.5, 0.6) is 0 Å². The molecule has 1 aromatic carbocycles. The van der Waals surface area contributed by atoms with Gasteiger partial charge < -0.3 is 24.2 Å². The molecule has 3 heterocycles. The molecule has 45 heavy (non-hydrogen) atoms. The number of piperidine rings is 1. The van der Waals surface area contributed by atoms with Gasteiger partial charge in [0.25, 0.3) is 0 Å². The Morgan fingerprint density at radius 1 is 0.867 bits per heavy atom. The van der Waals surface area contributed by atoms with E-state index in [1.807, 2.05) is 0 Å². The number of rotatable bonds is 6. The minimum atomic E-state index is -4.59. The minimum Gasteiger partial charge on any atom is -0.441 e. The van der Waals surface area contributed by atoms with Crippen LogP contribution < -0.4 is 0 Å². The van der Waals surface area contributed by atoms with Gasteiger partial charge in [-0.3, -0.25) is 9.69 Å². The maximum absolute atomic E-state index is 13.1. The first-order chi connectivity index (χ1) is 21.2. The summed E-state index contributed by atoms with van der Waals surface area (Å²) in [5.41, 5.74) is -0.444. The van der Waals surface area contributed by atoms with E-state index in [1.54, 1.807) is 9.80 Å². The van der Waals surface area contributed by atoms with E-state index < -0.39 is 36.2 Å². The van der Waals surface area contributed by atoms with E-state index in [0.717, 1.165) is 30.5 Å². The number of ether oxygens (including phenoxy) is 2. The molecule has 5 rings (SSSR count). The summed E-state index contributed by atoms with van der Waals surface area (Å²) in [5, 5.41) is 0. The van der Waals surface area contributed by atoms with Crippen LogP contribution in [0.3, 0.4) is 0 Å². The van der Waals surface area contributed by atoms with Gasteiger partial charge in [0.1, 0.15) is 5.60 Å². The van der Waals surface area contributed by atoms with Crippen molar-refractivity contribution in [3.05, 3.63) is 35.4 Å². The SMILES string of the molecule is O=C(OCC(F)(F)F)N1CCN(C(=O)C2CCC(CN3CC4(CCN(Cc5ccc(C(F)(F)F)cc5)CC4)OC3=O)CC2)CC1. The Morgan fingerprint density at radius 2 is 1.47 bits per heavy atom. The number of halogens is 6. The summed E-state index contributed by atoms with van der Waals surface area (Å²) >= 11 is 0.